The van der Waals surface area contributed by atoms with Crippen molar-refractivity contribution >= 4 is 5.78 Å². The molecule has 1 aromatic rings. The molecule has 114 valence electrons. The van der Waals surface area contributed by atoms with Crippen molar-refractivity contribution in [2.45, 2.75) is 39.2 Å². The Hall–Kier alpha value is -1.19. The molecule has 0 bridgehead atoms. The third-order valence-corrected chi connectivity index (χ3v) is 4.97. The Morgan fingerprint density at radius 2 is 1.95 bits per heavy atom. The van der Waals surface area contributed by atoms with Gasteiger partial charge >= 0.3 is 0 Å². The van der Waals surface area contributed by atoms with E-state index in [1.54, 1.807) is 0 Å². The van der Waals surface area contributed by atoms with E-state index in [0.717, 1.165) is 24.2 Å². The minimum atomic E-state index is 0.276. The predicted octanol–water partition coefficient (Wildman–Crippen LogP) is 2.66. The fourth-order valence-corrected chi connectivity index (χ4v) is 3.69. The molecule has 0 spiro atoms. The number of hydrogen-bond acceptors (Lipinski definition) is 3. The lowest BCUT2D eigenvalue weighted by Crippen LogP contribution is -2.36. The van der Waals surface area contributed by atoms with E-state index in [4.69, 9.17) is 0 Å². The molecular formula is C18H26N2O. The first kappa shape index (κ1) is 14.7. The van der Waals surface area contributed by atoms with Crippen LogP contribution >= 0.6 is 0 Å². The summed E-state index contributed by atoms with van der Waals surface area (Å²) in [6, 6.07) is 6.84. The summed E-state index contributed by atoms with van der Waals surface area (Å²) in [7, 11) is 0. The number of Topliss-reactive ketones (excluding diaryl/α,β-unsaturated/α-hetero) is 1. The molecule has 3 rings (SSSR count). The molecule has 21 heavy (non-hydrogen) atoms. The molecule has 1 atom stereocenters. The molecule has 3 heteroatoms. The minimum Gasteiger partial charge on any atom is -0.299 e. The number of hydrogen-bond donors (Lipinski definition) is 0. The lowest BCUT2D eigenvalue weighted by molar-refractivity contribution is 0.0939. The number of carbonyl (C=O) groups excluding carboxylic acids is 1. The van der Waals surface area contributed by atoms with Crippen molar-refractivity contribution in [2.24, 2.45) is 0 Å². The first-order valence-corrected chi connectivity index (χ1v) is 8.20. The van der Waals surface area contributed by atoms with Crippen LogP contribution in [-0.4, -0.2) is 54.3 Å². The van der Waals surface area contributed by atoms with Crippen LogP contribution in [0.5, 0.6) is 0 Å². The molecule has 1 unspecified atom stereocenters. The molecule has 2 heterocycles. The van der Waals surface area contributed by atoms with E-state index in [9.17, 15) is 4.79 Å². The molecule has 0 aliphatic carbocycles. The minimum absolute atomic E-state index is 0.276. The normalized spacial score (nSPS) is 23.8. The zero-order valence-corrected chi connectivity index (χ0v) is 13.3. The number of ketones is 1. The number of rotatable bonds is 4. The van der Waals surface area contributed by atoms with Crippen molar-refractivity contribution in [3.05, 3.63) is 34.9 Å². The third kappa shape index (κ3) is 3.35. The Kier molecular flexibility index (Phi) is 4.41. The number of carbonyl (C=O) groups is 1. The van der Waals surface area contributed by atoms with Gasteiger partial charge in [-0.1, -0.05) is 17.7 Å². The van der Waals surface area contributed by atoms with Crippen LogP contribution in [0.25, 0.3) is 0 Å². The molecule has 2 fully saturated rings. The van der Waals surface area contributed by atoms with E-state index in [0.29, 0.717) is 12.6 Å². The van der Waals surface area contributed by atoms with Gasteiger partial charge in [0.25, 0.3) is 0 Å². The maximum absolute atomic E-state index is 12.5. The van der Waals surface area contributed by atoms with Crippen LogP contribution in [0.1, 0.15) is 40.7 Å². The number of likely N-dealkylation sites (tertiary alicyclic amines) is 2. The van der Waals surface area contributed by atoms with Crippen LogP contribution in [0.3, 0.4) is 0 Å². The van der Waals surface area contributed by atoms with Gasteiger partial charge in [0.2, 0.25) is 0 Å². The molecule has 0 aromatic heterocycles. The maximum Gasteiger partial charge on any atom is 0.177 e. The highest BCUT2D eigenvalue weighted by molar-refractivity contribution is 5.99. The Bertz CT molecular complexity index is 520. The van der Waals surface area contributed by atoms with E-state index >= 15 is 0 Å². The van der Waals surface area contributed by atoms with Gasteiger partial charge in [-0.15, -0.1) is 0 Å². The van der Waals surface area contributed by atoms with Crippen LogP contribution in [0.15, 0.2) is 18.2 Å². The number of benzene rings is 1. The Labute approximate surface area is 127 Å². The molecule has 2 aliphatic heterocycles. The molecule has 1 aromatic carbocycles. The van der Waals surface area contributed by atoms with Crippen molar-refractivity contribution in [1.29, 1.82) is 0 Å². The van der Waals surface area contributed by atoms with Crippen molar-refractivity contribution in [1.82, 2.24) is 9.80 Å². The molecule has 2 saturated heterocycles. The van der Waals surface area contributed by atoms with Gasteiger partial charge in [-0.05, 0) is 57.8 Å². The molecule has 3 nitrogen and oxygen atoms in total. The van der Waals surface area contributed by atoms with Crippen LogP contribution in [0, 0.1) is 13.8 Å². The topological polar surface area (TPSA) is 23.6 Å². The summed E-state index contributed by atoms with van der Waals surface area (Å²) in [5.74, 6) is 0.276. The average molecular weight is 286 g/mol. The summed E-state index contributed by atoms with van der Waals surface area (Å²) in [5.41, 5.74) is 3.17. The van der Waals surface area contributed by atoms with E-state index in [-0.39, 0.29) is 5.78 Å². The summed E-state index contributed by atoms with van der Waals surface area (Å²) in [6.45, 7) is 9.30. The first-order valence-electron chi connectivity index (χ1n) is 8.20. The monoisotopic (exact) mass is 286 g/mol. The zero-order chi connectivity index (χ0) is 14.8. The SMILES string of the molecule is Cc1ccc(C)c(C(=O)CN2CCC(N3CCCC3)C2)c1. The molecule has 0 amide bonds. The number of aryl methyl sites for hydroxylation is 2. The van der Waals surface area contributed by atoms with Crippen molar-refractivity contribution in [2.75, 3.05) is 32.7 Å². The number of nitrogens with zero attached hydrogens (tertiary/aromatic N) is 2. The Morgan fingerprint density at radius 3 is 2.71 bits per heavy atom. The van der Waals surface area contributed by atoms with Gasteiger partial charge in [-0.2, -0.15) is 0 Å². The zero-order valence-electron chi connectivity index (χ0n) is 13.3. The highest BCUT2D eigenvalue weighted by Crippen LogP contribution is 2.21. The first-order chi connectivity index (χ1) is 10.1. The second-order valence-electron chi connectivity index (χ2n) is 6.66. The summed E-state index contributed by atoms with van der Waals surface area (Å²) in [5, 5.41) is 0. The highest BCUT2D eigenvalue weighted by atomic mass is 16.1. The summed E-state index contributed by atoms with van der Waals surface area (Å²) >= 11 is 0. The van der Waals surface area contributed by atoms with Gasteiger partial charge < -0.3 is 0 Å². The van der Waals surface area contributed by atoms with Crippen molar-refractivity contribution < 1.29 is 4.79 Å². The standard InChI is InChI=1S/C18H26N2O/c1-14-5-6-15(2)17(11-14)18(21)13-19-10-7-16(12-19)20-8-3-4-9-20/h5-6,11,16H,3-4,7-10,12-13H2,1-2H3. The molecule has 0 radical (unpaired) electrons. The van der Waals surface area contributed by atoms with Gasteiger partial charge in [0.05, 0.1) is 6.54 Å². The third-order valence-electron chi connectivity index (χ3n) is 4.97. The van der Waals surface area contributed by atoms with Crippen LogP contribution < -0.4 is 0 Å². The van der Waals surface area contributed by atoms with E-state index in [2.05, 4.69) is 28.9 Å². The quantitative estimate of drug-likeness (QED) is 0.795. The van der Waals surface area contributed by atoms with Gasteiger partial charge in [0, 0.05) is 24.7 Å². The van der Waals surface area contributed by atoms with E-state index in [1.807, 2.05) is 13.0 Å². The van der Waals surface area contributed by atoms with Crippen LogP contribution in [-0.2, 0) is 0 Å². The summed E-state index contributed by atoms with van der Waals surface area (Å²) in [4.78, 5) is 17.5. The van der Waals surface area contributed by atoms with Crippen molar-refractivity contribution in [3.8, 4) is 0 Å². The Morgan fingerprint density at radius 1 is 1.19 bits per heavy atom. The highest BCUT2D eigenvalue weighted by Gasteiger charge is 2.30. The average Bonchev–Trinajstić information content (AvgIpc) is 3.11. The summed E-state index contributed by atoms with van der Waals surface area (Å²) in [6.07, 6.45) is 3.91. The fourth-order valence-electron chi connectivity index (χ4n) is 3.69. The van der Waals surface area contributed by atoms with Gasteiger partial charge in [-0.3, -0.25) is 14.6 Å². The Balaban J connectivity index is 1.59. The van der Waals surface area contributed by atoms with Gasteiger partial charge in [0.15, 0.2) is 5.78 Å². The molecular weight excluding hydrogens is 260 g/mol. The van der Waals surface area contributed by atoms with E-state index in [1.165, 1.54) is 37.9 Å². The second kappa shape index (κ2) is 6.29. The lowest BCUT2D eigenvalue weighted by Gasteiger charge is -2.23. The fraction of sp³-hybridized carbons (Fsp3) is 0.611. The van der Waals surface area contributed by atoms with Crippen LogP contribution in [0.4, 0.5) is 0 Å². The van der Waals surface area contributed by atoms with Gasteiger partial charge in [-0.25, -0.2) is 0 Å². The lowest BCUT2D eigenvalue weighted by atomic mass is 10.0. The molecule has 0 N–H and O–H groups in total. The summed E-state index contributed by atoms with van der Waals surface area (Å²) < 4.78 is 0. The maximum atomic E-state index is 12.5. The predicted molar refractivity (Wildman–Crippen MR) is 85.9 cm³/mol. The molecule has 0 saturated carbocycles. The van der Waals surface area contributed by atoms with Crippen LogP contribution in [0.2, 0.25) is 0 Å². The largest absolute Gasteiger partial charge is 0.299 e. The smallest absolute Gasteiger partial charge is 0.177 e. The van der Waals surface area contributed by atoms with E-state index < -0.39 is 0 Å². The van der Waals surface area contributed by atoms with Crippen molar-refractivity contribution in [3.63, 3.8) is 0 Å². The second-order valence-corrected chi connectivity index (χ2v) is 6.66. The van der Waals surface area contributed by atoms with Gasteiger partial charge in [0.1, 0.15) is 0 Å². The molecule has 2 aliphatic rings.